The summed E-state index contributed by atoms with van der Waals surface area (Å²) in [4.78, 5) is 22.8. The van der Waals surface area contributed by atoms with Gasteiger partial charge >= 0.3 is 0 Å². The zero-order valence-corrected chi connectivity index (χ0v) is 11.6. The average Bonchev–Trinajstić information content (AvgIpc) is 2.27. The minimum Gasteiger partial charge on any atom is -0.326 e. The van der Waals surface area contributed by atoms with Crippen LogP contribution in [-0.4, -0.2) is 26.5 Å². The number of rotatable bonds is 5. The predicted molar refractivity (Wildman–Crippen MR) is 72.0 cm³/mol. The molecule has 0 unspecified atom stereocenters. The lowest BCUT2D eigenvalue weighted by Crippen LogP contribution is -2.30. The Bertz CT molecular complexity index is 581. The van der Waals surface area contributed by atoms with Gasteiger partial charge in [-0.25, -0.2) is 8.42 Å². The number of carbonyl (C=O) groups is 2. The fourth-order valence-corrected chi connectivity index (χ4v) is 1.93. The molecule has 0 saturated carbocycles. The Kier molecular flexibility index (Phi) is 5.05. The van der Waals surface area contributed by atoms with Crippen LogP contribution in [0.25, 0.3) is 0 Å². The van der Waals surface area contributed by atoms with E-state index in [9.17, 15) is 18.0 Å². The molecule has 19 heavy (non-hydrogen) atoms. The van der Waals surface area contributed by atoms with Crippen molar-refractivity contribution in [2.24, 2.45) is 0 Å². The lowest BCUT2D eigenvalue weighted by Gasteiger charge is -2.07. The number of hydrogen-bond donors (Lipinski definition) is 2. The number of nitrogens with one attached hydrogen (secondary N) is 2. The van der Waals surface area contributed by atoms with E-state index in [1.54, 1.807) is 16.9 Å². The van der Waals surface area contributed by atoms with Crippen molar-refractivity contribution in [1.82, 2.24) is 4.72 Å². The molecule has 1 rings (SSSR count). The van der Waals surface area contributed by atoms with Crippen LogP contribution in [0.5, 0.6) is 0 Å². The van der Waals surface area contributed by atoms with E-state index in [4.69, 9.17) is 0 Å². The average molecular weight is 284 g/mol. The Morgan fingerprint density at radius 2 is 1.68 bits per heavy atom. The SMILES string of the molecule is Cc1ccccc1NC(=O)CCC(=O)NS(C)(=O)=O. The summed E-state index contributed by atoms with van der Waals surface area (Å²) in [6.07, 6.45) is 0.638. The van der Waals surface area contributed by atoms with Crippen LogP contribution in [0.2, 0.25) is 0 Å². The minimum absolute atomic E-state index is 0.0737. The summed E-state index contributed by atoms with van der Waals surface area (Å²) in [5, 5.41) is 2.66. The Labute approximate surface area is 112 Å². The van der Waals surface area contributed by atoms with Crippen molar-refractivity contribution in [3.8, 4) is 0 Å². The van der Waals surface area contributed by atoms with Crippen molar-refractivity contribution in [3.05, 3.63) is 29.8 Å². The molecule has 0 spiro atoms. The first kappa shape index (κ1) is 15.2. The van der Waals surface area contributed by atoms with Gasteiger partial charge in [0.05, 0.1) is 6.26 Å². The first-order chi connectivity index (χ1) is 8.78. The molecule has 0 heterocycles. The molecule has 104 valence electrons. The lowest BCUT2D eigenvalue weighted by atomic mass is 10.2. The summed E-state index contributed by atoms with van der Waals surface area (Å²) in [5.41, 5.74) is 1.59. The van der Waals surface area contributed by atoms with Gasteiger partial charge in [-0.2, -0.15) is 0 Å². The van der Waals surface area contributed by atoms with E-state index in [1.165, 1.54) is 0 Å². The minimum atomic E-state index is -3.57. The molecule has 2 N–H and O–H groups in total. The summed E-state index contributed by atoms with van der Waals surface area (Å²) < 4.78 is 23.4. The molecule has 0 atom stereocenters. The van der Waals surface area contributed by atoms with Gasteiger partial charge in [0.15, 0.2) is 0 Å². The fraction of sp³-hybridized carbons (Fsp3) is 0.333. The first-order valence-corrected chi connectivity index (χ1v) is 7.53. The van der Waals surface area contributed by atoms with Crippen LogP contribution in [0.4, 0.5) is 5.69 Å². The largest absolute Gasteiger partial charge is 0.326 e. The Hall–Kier alpha value is -1.89. The summed E-state index contributed by atoms with van der Waals surface area (Å²) in [7, 11) is -3.57. The Morgan fingerprint density at radius 3 is 2.26 bits per heavy atom. The monoisotopic (exact) mass is 284 g/mol. The molecule has 0 bridgehead atoms. The quantitative estimate of drug-likeness (QED) is 0.836. The second kappa shape index (κ2) is 6.33. The number of carbonyl (C=O) groups excluding carboxylic acids is 2. The van der Waals surface area contributed by atoms with Crippen LogP contribution in [0, 0.1) is 6.92 Å². The molecular weight excluding hydrogens is 268 g/mol. The molecule has 1 aromatic carbocycles. The van der Waals surface area contributed by atoms with E-state index in [0.29, 0.717) is 5.69 Å². The molecule has 0 aromatic heterocycles. The molecule has 6 nitrogen and oxygen atoms in total. The lowest BCUT2D eigenvalue weighted by molar-refractivity contribution is -0.123. The van der Waals surface area contributed by atoms with E-state index in [2.05, 4.69) is 5.32 Å². The van der Waals surface area contributed by atoms with Gasteiger partial charge in [-0.05, 0) is 18.6 Å². The molecule has 0 aliphatic carbocycles. The van der Waals surface area contributed by atoms with Crippen LogP contribution >= 0.6 is 0 Å². The number of amides is 2. The van der Waals surface area contributed by atoms with Crippen LogP contribution < -0.4 is 10.0 Å². The van der Waals surface area contributed by atoms with Gasteiger partial charge in [0, 0.05) is 18.5 Å². The van der Waals surface area contributed by atoms with E-state index in [1.807, 2.05) is 19.1 Å². The van der Waals surface area contributed by atoms with E-state index in [0.717, 1.165) is 11.8 Å². The summed E-state index contributed by atoms with van der Waals surface area (Å²) >= 11 is 0. The third-order valence-corrected chi connectivity index (χ3v) is 2.90. The maximum atomic E-state index is 11.6. The fourth-order valence-electron chi connectivity index (χ4n) is 1.41. The van der Waals surface area contributed by atoms with Crippen LogP contribution in [-0.2, 0) is 19.6 Å². The Balaban J connectivity index is 2.45. The number of aryl methyl sites for hydroxylation is 1. The zero-order chi connectivity index (χ0) is 14.5. The van der Waals surface area contributed by atoms with Gasteiger partial charge in [0.2, 0.25) is 21.8 Å². The van der Waals surface area contributed by atoms with E-state index >= 15 is 0 Å². The molecule has 0 saturated heterocycles. The van der Waals surface area contributed by atoms with Gasteiger partial charge in [0.25, 0.3) is 0 Å². The topological polar surface area (TPSA) is 92.3 Å². The highest BCUT2D eigenvalue weighted by Gasteiger charge is 2.11. The summed E-state index contributed by atoms with van der Waals surface area (Å²) in [5.74, 6) is -1.03. The molecule has 2 amide bonds. The van der Waals surface area contributed by atoms with Gasteiger partial charge in [-0.1, -0.05) is 18.2 Å². The van der Waals surface area contributed by atoms with Gasteiger partial charge in [0.1, 0.15) is 0 Å². The highest BCUT2D eigenvalue weighted by molar-refractivity contribution is 7.89. The maximum Gasteiger partial charge on any atom is 0.233 e. The van der Waals surface area contributed by atoms with E-state index in [-0.39, 0.29) is 18.7 Å². The highest BCUT2D eigenvalue weighted by atomic mass is 32.2. The van der Waals surface area contributed by atoms with Crippen molar-refractivity contribution in [1.29, 1.82) is 0 Å². The predicted octanol–water partition coefficient (Wildman–Crippen LogP) is 0.790. The van der Waals surface area contributed by atoms with E-state index < -0.39 is 15.9 Å². The second-order valence-corrected chi connectivity index (χ2v) is 5.91. The summed E-state index contributed by atoms with van der Waals surface area (Å²) in [6.45, 7) is 1.85. The van der Waals surface area contributed by atoms with Crippen LogP contribution in [0.15, 0.2) is 24.3 Å². The number of anilines is 1. The first-order valence-electron chi connectivity index (χ1n) is 5.64. The van der Waals surface area contributed by atoms with Crippen molar-refractivity contribution in [2.45, 2.75) is 19.8 Å². The van der Waals surface area contributed by atoms with Crippen molar-refractivity contribution >= 4 is 27.5 Å². The molecule has 1 aromatic rings. The standard InChI is InChI=1S/C12H16N2O4S/c1-9-5-3-4-6-10(9)13-11(15)7-8-12(16)14-19(2,17)18/h3-6H,7-8H2,1-2H3,(H,13,15)(H,14,16). The molecule has 0 aliphatic rings. The second-order valence-electron chi connectivity index (χ2n) is 4.16. The third kappa shape index (κ3) is 6.01. The molecular formula is C12H16N2O4S. The maximum absolute atomic E-state index is 11.6. The highest BCUT2D eigenvalue weighted by Crippen LogP contribution is 2.13. The zero-order valence-electron chi connectivity index (χ0n) is 10.8. The number of hydrogen-bond acceptors (Lipinski definition) is 4. The smallest absolute Gasteiger partial charge is 0.233 e. The van der Waals surface area contributed by atoms with Crippen LogP contribution in [0.3, 0.4) is 0 Å². The van der Waals surface area contributed by atoms with Crippen molar-refractivity contribution in [2.75, 3.05) is 11.6 Å². The Morgan fingerprint density at radius 1 is 1.11 bits per heavy atom. The van der Waals surface area contributed by atoms with Gasteiger partial charge < -0.3 is 5.32 Å². The van der Waals surface area contributed by atoms with Crippen molar-refractivity contribution < 1.29 is 18.0 Å². The molecule has 7 heteroatoms. The summed E-state index contributed by atoms with van der Waals surface area (Å²) in [6, 6.07) is 7.25. The van der Waals surface area contributed by atoms with Crippen LogP contribution in [0.1, 0.15) is 18.4 Å². The number of para-hydroxylation sites is 1. The molecule has 0 fully saturated rings. The van der Waals surface area contributed by atoms with Gasteiger partial charge in [-0.15, -0.1) is 0 Å². The third-order valence-electron chi connectivity index (χ3n) is 2.30. The van der Waals surface area contributed by atoms with Gasteiger partial charge in [-0.3, -0.25) is 14.3 Å². The van der Waals surface area contributed by atoms with Crippen molar-refractivity contribution in [3.63, 3.8) is 0 Å². The number of sulfonamides is 1. The normalized spacial score (nSPS) is 10.8. The molecule has 0 aliphatic heterocycles. The number of benzene rings is 1. The molecule has 0 radical (unpaired) electrons.